The lowest BCUT2D eigenvalue weighted by atomic mass is 10.0. The van der Waals surface area contributed by atoms with Crippen LogP contribution in [-0.2, 0) is 13.2 Å². The fourth-order valence-electron chi connectivity index (χ4n) is 3.16. The predicted octanol–water partition coefficient (Wildman–Crippen LogP) is 5.84. The molecular weight excluding hydrogens is 344 g/mol. The lowest BCUT2D eigenvalue weighted by Gasteiger charge is -2.14. The molecule has 0 saturated carbocycles. The molecule has 0 spiro atoms. The first-order valence-corrected chi connectivity index (χ1v) is 9.30. The minimum Gasteiger partial charge on any atom is -0.488 e. The third-order valence-electron chi connectivity index (χ3n) is 4.66. The van der Waals surface area contributed by atoms with E-state index in [1.54, 1.807) is 12.5 Å². The van der Waals surface area contributed by atoms with Crippen LogP contribution < -0.4 is 4.74 Å². The van der Waals surface area contributed by atoms with E-state index in [9.17, 15) is 0 Å². The largest absolute Gasteiger partial charge is 0.488 e. The molecule has 1 aromatic heterocycles. The molecule has 138 valence electrons. The highest BCUT2D eigenvalue weighted by molar-refractivity contribution is 5.68. The molecule has 0 aliphatic heterocycles. The SMILES string of the molecule is C=C(Cn1ccnc1)c1ccccc1OCc1ccc(-c2ccccc2)cc1. The first-order chi connectivity index (χ1) is 13.8. The van der Waals surface area contributed by atoms with E-state index in [1.807, 2.05) is 41.1 Å². The van der Waals surface area contributed by atoms with Gasteiger partial charge in [-0.2, -0.15) is 0 Å². The molecule has 4 aromatic rings. The fourth-order valence-corrected chi connectivity index (χ4v) is 3.16. The summed E-state index contributed by atoms with van der Waals surface area (Å²) in [6, 6.07) is 26.9. The van der Waals surface area contributed by atoms with Crippen LogP contribution in [0.3, 0.4) is 0 Å². The number of allylic oxidation sites excluding steroid dienone is 1. The standard InChI is InChI=1S/C25H22N2O/c1-20(17-27-16-15-26-19-27)24-9-5-6-10-25(24)28-18-21-11-13-23(14-12-21)22-7-3-2-4-8-22/h2-16,19H,1,17-18H2. The first-order valence-electron chi connectivity index (χ1n) is 9.30. The Bertz CT molecular complexity index is 1040. The zero-order valence-electron chi connectivity index (χ0n) is 15.7. The molecule has 28 heavy (non-hydrogen) atoms. The van der Waals surface area contributed by atoms with Crippen molar-refractivity contribution in [2.75, 3.05) is 0 Å². The summed E-state index contributed by atoms with van der Waals surface area (Å²) < 4.78 is 8.12. The molecule has 4 rings (SSSR count). The highest BCUT2D eigenvalue weighted by atomic mass is 16.5. The van der Waals surface area contributed by atoms with Gasteiger partial charge in [-0.05, 0) is 28.3 Å². The van der Waals surface area contributed by atoms with Gasteiger partial charge < -0.3 is 9.30 Å². The number of benzene rings is 3. The van der Waals surface area contributed by atoms with Crippen LogP contribution in [0.5, 0.6) is 5.75 Å². The highest BCUT2D eigenvalue weighted by Crippen LogP contribution is 2.27. The van der Waals surface area contributed by atoms with Crippen molar-refractivity contribution < 1.29 is 4.74 Å². The van der Waals surface area contributed by atoms with Crippen LogP contribution in [0.25, 0.3) is 16.7 Å². The van der Waals surface area contributed by atoms with Gasteiger partial charge in [0.05, 0.1) is 6.33 Å². The molecule has 0 atom stereocenters. The zero-order chi connectivity index (χ0) is 19.2. The Labute approximate surface area is 165 Å². The quantitative estimate of drug-likeness (QED) is 0.411. The average molecular weight is 366 g/mol. The van der Waals surface area contributed by atoms with E-state index < -0.39 is 0 Å². The second-order valence-electron chi connectivity index (χ2n) is 6.69. The Morgan fingerprint density at radius 2 is 1.57 bits per heavy atom. The van der Waals surface area contributed by atoms with Crippen LogP contribution in [0.1, 0.15) is 11.1 Å². The van der Waals surface area contributed by atoms with E-state index in [2.05, 4.69) is 60.1 Å². The summed E-state index contributed by atoms with van der Waals surface area (Å²) >= 11 is 0. The molecule has 0 aliphatic carbocycles. The van der Waals surface area contributed by atoms with Crippen LogP contribution >= 0.6 is 0 Å². The summed E-state index contributed by atoms with van der Waals surface area (Å²) in [6.45, 7) is 5.44. The van der Waals surface area contributed by atoms with Crippen molar-refractivity contribution in [3.63, 3.8) is 0 Å². The number of hydrogen-bond donors (Lipinski definition) is 0. The normalized spacial score (nSPS) is 10.6. The maximum Gasteiger partial charge on any atom is 0.127 e. The molecule has 0 bridgehead atoms. The maximum absolute atomic E-state index is 6.12. The summed E-state index contributed by atoms with van der Waals surface area (Å²) in [4.78, 5) is 4.09. The third-order valence-corrected chi connectivity index (χ3v) is 4.66. The van der Waals surface area contributed by atoms with E-state index in [1.165, 1.54) is 11.1 Å². The minimum atomic E-state index is 0.518. The fraction of sp³-hybridized carbons (Fsp3) is 0.0800. The van der Waals surface area contributed by atoms with E-state index in [0.717, 1.165) is 22.4 Å². The summed E-state index contributed by atoms with van der Waals surface area (Å²) in [5.74, 6) is 0.847. The van der Waals surface area contributed by atoms with E-state index in [-0.39, 0.29) is 0 Å². The van der Waals surface area contributed by atoms with Crippen LogP contribution in [0.4, 0.5) is 0 Å². The van der Waals surface area contributed by atoms with Gasteiger partial charge in [-0.3, -0.25) is 0 Å². The number of aromatic nitrogens is 2. The van der Waals surface area contributed by atoms with Gasteiger partial charge in [0.2, 0.25) is 0 Å². The summed E-state index contributed by atoms with van der Waals surface area (Å²) in [5.41, 5.74) is 5.58. The van der Waals surface area contributed by atoms with E-state index in [4.69, 9.17) is 4.74 Å². The molecule has 3 heteroatoms. The van der Waals surface area contributed by atoms with E-state index in [0.29, 0.717) is 13.2 Å². The molecule has 0 saturated heterocycles. The van der Waals surface area contributed by atoms with Crippen molar-refractivity contribution in [1.82, 2.24) is 9.55 Å². The lowest BCUT2D eigenvalue weighted by Crippen LogP contribution is -2.01. The van der Waals surface area contributed by atoms with Crippen molar-refractivity contribution in [1.29, 1.82) is 0 Å². The molecule has 1 heterocycles. The summed E-state index contributed by atoms with van der Waals surface area (Å²) in [7, 11) is 0. The summed E-state index contributed by atoms with van der Waals surface area (Å²) in [6.07, 6.45) is 5.50. The zero-order valence-corrected chi connectivity index (χ0v) is 15.7. The van der Waals surface area contributed by atoms with Crippen molar-refractivity contribution in [2.45, 2.75) is 13.2 Å². The smallest absolute Gasteiger partial charge is 0.127 e. The van der Waals surface area contributed by atoms with Crippen LogP contribution in [0.15, 0.2) is 104 Å². The molecule has 0 radical (unpaired) electrons. The number of para-hydroxylation sites is 1. The number of rotatable bonds is 7. The maximum atomic E-state index is 6.12. The molecule has 3 nitrogen and oxygen atoms in total. The van der Waals surface area contributed by atoms with E-state index >= 15 is 0 Å². The molecule has 0 fully saturated rings. The monoisotopic (exact) mass is 366 g/mol. The molecule has 0 unspecified atom stereocenters. The Morgan fingerprint density at radius 1 is 0.857 bits per heavy atom. The molecule has 0 N–H and O–H groups in total. The number of ether oxygens (including phenoxy) is 1. The van der Waals surface area contributed by atoms with Crippen molar-refractivity contribution >= 4 is 5.57 Å². The molecule has 0 aliphatic rings. The average Bonchev–Trinajstić information content (AvgIpc) is 3.26. The summed E-state index contributed by atoms with van der Waals surface area (Å²) in [5, 5.41) is 0. The predicted molar refractivity (Wildman–Crippen MR) is 114 cm³/mol. The first kappa shape index (κ1) is 17.8. The number of imidazole rings is 1. The lowest BCUT2D eigenvalue weighted by molar-refractivity contribution is 0.305. The van der Waals surface area contributed by atoms with Crippen molar-refractivity contribution in [2.24, 2.45) is 0 Å². The number of hydrogen-bond acceptors (Lipinski definition) is 2. The van der Waals surface area contributed by atoms with Gasteiger partial charge in [-0.1, -0.05) is 79.4 Å². The van der Waals surface area contributed by atoms with Gasteiger partial charge >= 0.3 is 0 Å². The Morgan fingerprint density at radius 3 is 2.32 bits per heavy atom. The van der Waals surface area contributed by atoms with Crippen LogP contribution in [0.2, 0.25) is 0 Å². The topological polar surface area (TPSA) is 27.1 Å². The van der Waals surface area contributed by atoms with Gasteiger partial charge in [-0.15, -0.1) is 0 Å². The Balaban J connectivity index is 1.44. The number of nitrogens with zero attached hydrogens (tertiary/aromatic N) is 2. The molecular formula is C25H22N2O. The molecule has 3 aromatic carbocycles. The second-order valence-corrected chi connectivity index (χ2v) is 6.69. The molecule has 0 amide bonds. The van der Waals surface area contributed by atoms with Gasteiger partial charge in [0.1, 0.15) is 12.4 Å². The van der Waals surface area contributed by atoms with Gasteiger partial charge in [0, 0.05) is 24.5 Å². The van der Waals surface area contributed by atoms with Crippen molar-refractivity contribution in [3.05, 3.63) is 115 Å². The Kier molecular flexibility index (Phi) is 5.34. The highest BCUT2D eigenvalue weighted by Gasteiger charge is 2.08. The third kappa shape index (κ3) is 4.21. The minimum absolute atomic E-state index is 0.518. The second kappa shape index (κ2) is 8.40. The van der Waals surface area contributed by atoms with Gasteiger partial charge in [0.15, 0.2) is 0 Å². The van der Waals surface area contributed by atoms with Gasteiger partial charge in [0.25, 0.3) is 0 Å². The van der Waals surface area contributed by atoms with Crippen molar-refractivity contribution in [3.8, 4) is 16.9 Å². The van der Waals surface area contributed by atoms with Crippen LogP contribution in [0, 0.1) is 0 Å². The Hall–Kier alpha value is -3.59. The van der Waals surface area contributed by atoms with Gasteiger partial charge in [-0.25, -0.2) is 4.98 Å². The van der Waals surface area contributed by atoms with Crippen LogP contribution in [-0.4, -0.2) is 9.55 Å².